The SMILES string of the molecule is C=CCn1c(SC(C)C(=O)NCCC)nc2cc(Cl)ccc2c1=O. The zero-order valence-electron chi connectivity index (χ0n) is 13.7. The Balaban J connectivity index is 2.43. The average molecular weight is 366 g/mol. The van der Waals surface area contributed by atoms with Gasteiger partial charge in [0.15, 0.2) is 5.16 Å². The molecule has 0 saturated carbocycles. The molecule has 1 N–H and O–H groups in total. The maximum Gasteiger partial charge on any atom is 0.262 e. The molecule has 24 heavy (non-hydrogen) atoms. The number of thioether (sulfide) groups is 1. The van der Waals surface area contributed by atoms with Crippen molar-refractivity contribution in [2.24, 2.45) is 0 Å². The molecular weight excluding hydrogens is 346 g/mol. The van der Waals surface area contributed by atoms with Gasteiger partial charge in [0.25, 0.3) is 5.56 Å². The highest BCUT2D eigenvalue weighted by Crippen LogP contribution is 2.24. The van der Waals surface area contributed by atoms with Crippen LogP contribution in [-0.4, -0.2) is 27.3 Å². The molecule has 2 aromatic rings. The number of hydrogen-bond acceptors (Lipinski definition) is 4. The molecule has 0 aliphatic carbocycles. The Kier molecular flexibility index (Phi) is 6.45. The summed E-state index contributed by atoms with van der Waals surface area (Å²) >= 11 is 7.25. The number of nitrogens with one attached hydrogen (secondary N) is 1. The van der Waals surface area contributed by atoms with E-state index in [9.17, 15) is 9.59 Å². The fourth-order valence-electron chi connectivity index (χ4n) is 2.16. The second kappa shape index (κ2) is 8.35. The first-order chi connectivity index (χ1) is 11.5. The van der Waals surface area contributed by atoms with Gasteiger partial charge in [-0.15, -0.1) is 6.58 Å². The topological polar surface area (TPSA) is 64.0 Å². The zero-order valence-corrected chi connectivity index (χ0v) is 15.3. The Labute approximate surface area is 150 Å². The number of benzene rings is 1. The minimum Gasteiger partial charge on any atom is -0.355 e. The van der Waals surface area contributed by atoms with Gasteiger partial charge in [0.05, 0.1) is 16.2 Å². The van der Waals surface area contributed by atoms with Crippen LogP contribution in [0.5, 0.6) is 0 Å². The van der Waals surface area contributed by atoms with Crippen molar-refractivity contribution in [2.45, 2.75) is 37.2 Å². The van der Waals surface area contributed by atoms with Gasteiger partial charge in [-0.05, 0) is 31.5 Å². The number of nitrogens with zero attached hydrogens (tertiary/aromatic N) is 2. The summed E-state index contributed by atoms with van der Waals surface area (Å²) in [7, 11) is 0. The van der Waals surface area contributed by atoms with E-state index in [4.69, 9.17) is 11.6 Å². The summed E-state index contributed by atoms with van der Waals surface area (Å²) < 4.78 is 1.53. The molecule has 1 atom stereocenters. The maximum absolute atomic E-state index is 12.7. The van der Waals surface area contributed by atoms with Crippen LogP contribution in [0.25, 0.3) is 10.9 Å². The van der Waals surface area contributed by atoms with Crippen molar-refractivity contribution >= 4 is 40.2 Å². The lowest BCUT2D eigenvalue weighted by Crippen LogP contribution is -2.32. The van der Waals surface area contributed by atoms with Crippen molar-refractivity contribution in [3.05, 3.63) is 46.2 Å². The third kappa shape index (κ3) is 4.19. The normalized spacial score (nSPS) is 12.1. The molecule has 0 aliphatic heterocycles. The van der Waals surface area contributed by atoms with Crippen molar-refractivity contribution < 1.29 is 4.79 Å². The zero-order chi connectivity index (χ0) is 17.7. The number of allylic oxidation sites excluding steroid dienone is 1. The number of amides is 1. The minimum absolute atomic E-state index is 0.0764. The molecule has 128 valence electrons. The second-order valence-corrected chi connectivity index (χ2v) is 7.06. The lowest BCUT2D eigenvalue weighted by atomic mass is 10.2. The molecule has 0 radical (unpaired) electrons. The van der Waals surface area contributed by atoms with Gasteiger partial charge in [0.1, 0.15) is 0 Å². The van der Waals surface area contributed by atoms with Gasteiger partial charge in [-0.1, -0.05) is 36.4 Å². The molecule has 1 unspecified atom stereocenters. The summed E-state index contributed by atoms with van der Waals surface area (Å²) in [5.74, 6) is -0.0764. The number of hydrogen-bond donors (Lipinski definition) is 1. The Bertz CT molecular complexity index is 819. The van der Waals surface area contributed by atoms with Crippen LogP contribution >= 0.6 is 23.4 Å². The molecule has 1 aromatic heterocycles. The van der Waals surface area contributed by atoms with Crippen LogP contribution < -0.4 is 10.9 Å². The average Bonchev–Trinajstić information content (AvgIpc) is 2.55. The lowest BCUT2D eigenvalue weighted by molar-refractivity contribution is -0.120. The lowest BCUT2D eigenvalue weighted by Gasteiger charge is -2.15. The number of rotatable bonds is 7. The molecule has 0 saturated heterocycles. The number of fused-ring (bicyclic) bond motifs is 1. The van der Waals surface area contributed by atoms with E-state index in [1.54, 1.807) is 31.2 Å². The van der Waals surface area contributed by atoms with Crippen LogP contribution in [0, 0.1) is 0 Å². The maximum atomic E-state index is 12.7. The van der Waals surface area contributed by atoms with Gasteiger partial charge in [-0.2, -0.15) is 0 Å². The van der Waals surface area contributed by atoms with Gasteiger partial charge in [-0.25, -0.2) is 4.98 Å². The van der Waals surface area contributed by atoms with Gasteiger partial charge in [-0.3, -0.25) is 14.2 Å². The molecular formula is C17H20ClN3O2S. The summed E-state index contributed by atoms with van der Waals surface area (Å²) in [5, 5.41) is 3.97. The molecule has 1 heterocycles. The van der Waals surface area contributed by atoms with E-state index in [2.05, 4.69) is 16.9 Å². The van der Waals surface area contributed by atoms with Crippen LogP contribution in [-0.2, 0) is 11.3 Å². The van der Waals surface area contributed by atoms with Gasteiger partial charge >= 0.3 is 0 Å². The second-order valence-electron chi connectivity index (χ2n) is 5.31. The summed E-state index contributed by atoms with van der Waals surface area (Å²) in [6.07, 6.45) is 2.51. The number of aromatic nitrogens is 2. The number of carbonyl (C=O) groups excluding carboxylic acids is 1. The van der Waals surface area contributed by atoms with Gasteiger partial charge in [0, 0.05) is 18.1 Å². The van der Waals surface area contributed by atoms with E-state index in [-0.39, 0.29) is 16.7 Å². The fourth-order valence-corrected chi connectivity index (χ4v) is 3.27. The molecule has 1 amide bonds. The highest BCUT2D eigenvalue weighted by Gasteiger charge is 2.18. The first kappa shape index (κ1) is 18.5. The summed E-state index contributed by atoms with van der Waals surface area (Å²) in [4.78, 5) is 29.3. The first-order valence-corrected chi connectivity index (χ1v) is 8.99. The summed E-state index contributed by atoms with van der Waals surface area (Å²) in [6, 6.07) is 4.99. The monoisotopic (exact) mass is 365 g/mol. The summed E-state index contributed by atoms with van der Waals surface area (Å²) in [6.45, 7) is 8.44. The van der Waals surface area contributed by atoms with Gasteiger partial charge in [0.2, 0.25) is 5.91 Å². The molecule has 0 fully saturated rings. The first-order valence-electron chi connectivity index (χ1n) is 7.73. The highest BCUT2D eigenvalue weighted by molar-refractivity contribution is 8.00. The third-order valence-electron chi connectivity index (χ3n) is 3.39. The Morgan fingerprint density at radius 1 is 1.54 bits per heavy atom. The molecule has 5 nitrogen and oxygen atoms in total. The molecule has 1 aromatic carbocycles. The number of halogens is 1. The van der Waals surface area contributed by atoms with E-state index < -0.39 is 0 Å². The van der Waals surface area contributed by atoms with Crippen LogP contribution in [0.3, 0.4) is 0 Å². The fraction of sp³-hybridized carbons (Fsp3) is 0.353. The highest BCUT2D eigenvalue weighted by atomic mass is 35.5. The van der Waals surface area contributed by atoms with Crippen LogP contribution in [0.15, 0.2) is 40.8 Å². The van der Waals surface area contributed by atoms with E-state index in [1.807, 2.05) is 6.92 Å². The Morgan fingerprint density at radius 3 is 2.96 bits per heavy atom. The predicted molar refractivity (Wildman–Crippen MR) is 99.8 cm³/mol. The Hall–Kier alpha value is -1.79. The van der Waals surface area contributed by atoms with Crippen molar-refractivity contribution in [2.75, 3.05) is 6.54 Å². The molecule has 7 heteroatoms. The molecule has 0 aliphatic rings. The van der Waals surface area contributed by atoms with Crippen molar-refractivity contribution in [3.63, 3.8) is 0 Å². The smallest absolute Gasteiger partial charge is 0.262 e. The Morgan fingerprint density at radius 2 is 2.29 bits per heavy atom. The van der Waals surface area contributed by atoms with Gasteiger partial charge < -0.3 is 5.32 Å². The third-order valence-corrected chi connectivity index (χ3v) is 4.72. The van der Waals surface area contributed by atoms with Crippen molar-refractivity contribution in [3.8, 4) is 0 Å². The number of carbonyl (C=O) groups is 1. The van der Waals surface area contributed by atoms with E-state index in [1.165, 1.54) is 16.3 Å². The predicted octanol–water partition coefficient (Wildman–Crippen LogP) is 3.24. The van der Waals surface area contributed by atoms with Crippen LogP contribution in [0.1, 0.15) is 20.3 Å². The molecule has 0 bridgehead atoms. The molecule has 0 spiro atoms. The summed E-state index contributed by atoms with van der Waals surface area (Å²) in [5.41, 5.74) is 0.358. The van der Waals surface area contributed by atoms with Crippen molar-refractivity contribution in [1.29, 1.82) is 0 Å². The molecule has 2 rings (SSSR count). The quantitative estimate of drug-likeness (QED) is 0.464. The van der Waals surface area contributed by atoms with Crippen molar-refractivity contribution in [1.82, 2.24) is 14.9 Å². The van der Waals surface area contributed by atoms with Crippen LogP contribution in [0.4, 0.5) is 0 Å². The van der Waals surface area contributed by atoms with E-state index in [0.29, 0.717) is 34.2 Å². The van der Waals surface area contributed by atoms with E-state index >= 15 is 0 Å². The standard InChI is InChI=1S/C17H20ClN3O2S/c1-4-8-19-15(22)11(3)24-17-20-14-10-12(18)6-7-13(14)16(23)21(17)9-5-2/h5-7,10-11H,2,4,8-9H2,1,3H3,(H,19,22). The van der Waals surface area contributed by atoms with E-state index in [0.717, 1.165) is 6.42 Å². The minimum atomic E-state index is -0.365. The largest absolute Gasteiger partial charge is 0.355 e. The van der Waals surface area contributed by atoms with Crippen LogP contribution in [0.2, 0.25) is 5.02 Å².